The number of hydrogen-bond donors (Lipinski definition) is 4. The van der Waals surface area contributed by atoms with Gasteiger partial charge in [-0.2, -0.15) is 5.10 Å². The van der Waals surface area contributed by atoms with E-state index in [1.165, 1.54) is 12.1 Å². The van der Waals surface area contributed by atoms with Crippen molar-refractivity contribution in [3.8, 4) is 33.9 Å². The molecule has 1 aromatic carbocycles. The van der Waals surface area contributed by atoms with E-state index >= 15 is 0 Å². The van der Waals surface area contributed by atoms with Crippen LogP contribution in [0.25, 0.3) is 55.8 Å². The van der Waals surface area contributed by atoms with Crippen LogP contribution in [0.3, 0.4) is 0 Å². The highest BCUT2D eigenvalue weighted by molar-refractivity contribution is 7.88. The molecular formula is C31H30FN9O3S. The summed E-state index contributed by atoms with van der Waals surface area (Å²) in [7, 11) is -3.46. The molecule has 4 N–H and O–H groups in total. The Bertz CT molecular complexity index is 2190. The number of carbonyl (C=O) groups is 1. The highest BCUT2D eigenvalue weighted by Gasteiger charge is 2.19. The SMILES string of the molecule is CC(C)(C)CC(=O)Nc1cncc(-c2cc3c(-c4nc5c(-c6cc(F)cc(CNS(C)(=O)=O)c6)cncc5[nH]4)n[nH]c3cn2)c1. The number of carbonyl (C=O) groups excluding carboxylic acids is 1. The number of benzene rings is 1. The lowest BCUT2D eigenvalue weighted by Gasteiger charge is -2.17. The van der Waals surface area contributed by atoms with Crippen LogP contribution in [0.1, 0.15) is 32.8 Å². The van der Waals surface area contributed by atoms with Crippen LogP contribution in [0.2, 0.25) is 0 Å². The van der Waals surface area contributed by atoms with E-state index in [1.54, 1.807) is 37.1 Å². The predicted molar refractivity (Wildman–Crippen MR) is 170 cm³/mol. The lowest BCUT2D eigenvalue weighted by Crippen LogP contribution is -2.21. The number of aromatic nitrogens is 7. The molecule has 230 valence electrons. The average molecular weight is 628 g/mol. The minimum atomic E-state index is -3.46. The van der Waals surface area contributed by atoms with Crippen molar-refractivity contribution in [3.05, 3.63) is 72.7 Å². The molecule has 0 aliphatic heterocycles. The Kier molecular flexibility index (Phi) is 7.62. The van der Waals surface area contributed by atoms with Gasteiger partial charge >= 0.3 is 0 Å². The summed E-state index contributed by atoms with van der Waals surface area (Å²) in [6.45, 7) is 5.95. The zero-order valence-corrected chi connectivity index (χ0v) is 25.8. The van der Waals surface area contributed by atoms with Gasteiger partial charge in [0.1, 0.15) is 11.5 Å². The third kappa shape index (κ3) is 6.86. The Morgan fingerprint density at radius 1 is 0.956 bits per heavy atom. The maximum atomic E-state index is 14.6. The molecule has 14 heteroatoms. The Morgan fingerprint density at radius 3 is 2.53 bits per heavy atom. The highest BCUT2D eigenvalue weighted by Crippen LogP contribution is 2.33. The second kappa shape index (κ2) is 11.4. The van der Waals surface area contributed by atoms with Crippen LogP contribution in [0, 0.1) is 11.2 Å². The number of imidazole rings is 1. The molecule has 1 amide bonds. The lowest BCUT2D eigenvalue weighted by molar-refractivity contribution is -0.117. The van der Waals surface area contributed by atoms with Crippen LogP contribution < -0.4 is 10.0 Å². The van der Waals surface area contributed by atoms with Gasteiger partial charge in [0.2, 0.25) is 15.9 Å². The van der Waals surface area contributed by atoms with Crippen molar-refractivity contribution in [2.75, 3.05) is 11.6 Å². The summed E-state index contributed by atoms with van der Waals surface area (Å²) >= 11 is 0. The van der Waals surface area contributed by atoms with E-state index < -0.39 is 15.8 Å². The number of rotatable bonds is 8. The van der Waals surface area contributed by atoms with Gasteiger partial charge in [-0.15, -0.1) is 0 Å². The Morgan fingerprint density at radius 2 is 1.76 bits per heavy atom. The minimum Gasteiger partial charge on any atom is -0.335 e. The number of nitrogens with zero attached hydrogens (tertiary/aromatic N) is 5. The first-order valence-corrected chi connectivity index (χ1v) is 15.9. The molecule has 0 bridgehead atoms. The van der Waals surface area contributed by atoms with Gasteiger partial charge in [0.15, 0.2) is 5.82 Å². The van der Waals surface area contributed by atoms with Crippen molar-refractivity contribution >= 4 is 43.6 Å². The fourth-order valence-corrected chi connectivity index (χ4v) is 5.40. The third-order valence-electron chi connectivity index (χ3n) is 6.88. The quantitative estimate of drug-likeness (QED) is 0.179. The Hall–Kier alpha value is -5.08. The monoisotopic (exact) mass is 627 g/mol. The van der Waals surface area contributed by atoms with E-state index in [0.29, 0.717) is 68.1 Å². The summed E-state index contributed by atoms with van der Waals surface area (Å²) in [5.74, 6) is -0.156. The number of fused-ring (bicyclic) bond motifs is 2. The number of sulfonamides is 1. The number of hydrogen-bond acceptors (Lipinski definition) is 8. The lowest BCUT2D eigenvalue weighted by atomic mass is 9.92. The second-order valence-corrected chi connectivity index (χ2v) is 13.9. The molecule has 0 unspecified atom stereocenters. The Balaban J connectivity index is 1.34. The standard InChI is InChI=1S/C31H30FN9O3S/c1-31(2,3)10-27(42)37-21-8-19(12-33-13-21)24-9-22-25(16-35-24)40-41-29(22)30-38-26-15-34-14-23(28(26)39-30)18-5-17(6-20(32)7-18)11-36-45(4,43)44/h5-9,12-16,36H,10-11H2,1-4H3,(H,37,42)(H,38,39)(H,40,41). The number of halogens is 1. The number of nitrogens with one attached hydrogen (secondary N) is 4. The summed E-state index contributed by atoms with van der Waals surface area (Å²) < 4.78 is 40.1. The molecule has 0 spiro atoms. The van der Waals surface area contributed by atoms with E-state index in [-0.39, 0.29) is 17.9 Å². The molecule has 12 nitrogen and oxygen atoms in total. The number of amides is 1. The van der Waals surface area contributed by atoms with Crippen molar-refractivity contribution in [3.63, 3.8) is 0 Å². The van der Waals surface area contributed by atoms with Crippen LogP contribution in [0.4, 0.5) is 10.1 Å². The largest absolute Gasteiger partial charge is 0.335 e. The summed E-state index contributed by atoms with van der Waals surface area (Å²) in [5.41, 5.74) is 5.64. The van der Waals surface area contributed by atoms with E-state index in [1.807, 2.05) is 32.9 Å². The maximum Gasteiger partial charge on any atom is 0.224 e. The predicted octanol–water partition coefficient (Wildman–Crippen LogP) is 5.19. The molecule has 6 rings (SSSR count). The topological polar surface area (TPSA) is 171 Å². The molecule has 0 radical (unpaired) electrons. The van der Waals surface area contributed by atoms with Crippen LogP contribution in [-0.4, -0.2) is 55.7 Å². The van der Waals surface area contributed by atoms with Gasteiger partial charge in [-0.3, -0.25) is 24.8 Å². The molecular weight excluding hydrogens is 597 g/mol. The molecule has 6 aromatic rings. The van der Waals surface area contributed by atoms with Gasteiger partial charge in [0.05, 0.1) is 52.8 Å². The number of pyridine rings is 3. The van der Waals surface area contributed by atoms with Crippen molar-refractivity contribution < 1.29 is 17.6 Å². The van der Waals surface area contributed by atoms with E-state index in [9.17, 15) is 17.6 Å². The number of H-pyrrole nitrogens is 2. The van der Waals surface area contributed by atoms with Crippen LogP contribution >= 0.6 is 0 Å². The van der Waals surface area contributed by atoms with Gasteiger partial charge in [-0.1, -0.05) is 20.8 Å². The molecule has 0 atom stereocenters. The smallest absolute Gasteiger partial charge is 0.224 e. The number of anilines is 1. The first kappa shape index (κ1) is 30.0. The summed E-state index contributed by atoms with van der Waals surface area (Å²) in [5, 5.41) is 11.1. The van der Waals surface area contributed by atoms with Crippen molar-refractivity contribution in [2.45, 2.75) is 33.7 Å². The molecule has 0 fully saturated rings. The van der Waals surface area contributed by atoms with Crippen LogP contribution in [0.15, 0.2) is 61.3 Å². The maximum absolute atomic E-state index is 14.6. The van der Waals surface area contributed by atoms with Gasteiger partial charge < -0.3 is 10.3 Å². The second-order valence-electron chi connectivity index (χ2n) is 12.0. The first-order valence-electron chi connectivity index (χ1n) is 14.0. The van der Waals surface area contributed by atoms with Crippen LogP contribution in [0.5, 0.6) is 0 Å². The zero-order valence-electron chi connectivity index (χ0n) is 24.9. The first-order chi connectivity index (χ1) is 21.3. The average Bonchev–Trinajstić information content (AvgIpc) is 3.58. The molecule has 5 aromatic heterocycles. The van der Waals surface area contributed by atoms with Crippen molar-refractivity contribution in [1.82, 2.24) is 39.8 Å². The van der Waals surface area contributed by atoms with E-state index in [4.69, 9.17) is 4.98 Å². The molecule has 5 heterocycles. The van der Waals surface area contributed by atoms with Crippen LogP contribution in [-0.2, 0) is 21.4 Å². The Labute approximate surface area is 258 Å². The van der Waals surface area contributed by atoms with Gasteiger partial charge in [0, 0.05) is 41.9 Å². The molecule has 45 heavy (non-hydrogen) atoms. The van der Waals surface area contributed by atoms with Crippen molar-refractivity contribution in [2.24, 2.45) is 5.41 Å². The fourth-order valence-electron chi connectivity index (χ4n) is 4.97. The van der Waals surface area contributed by atoms with Gasteiger partial charge in [-0.25, -0.2) is 22.5 Å². The van der Waals surface area contributed by atoms with E-state index in [2.05, 4.69) is 40.2 Å². The summed E-state index contributed by atoms with van der Waals surface area (Å²) in [6, 6.07) is 8.01. The van der Waals surface area contributed by atoms with E-state index in [0.717, 1.165) is 11.6 Å². The molecule has 0 saturated carbocycles. The fraction of sp³-hybridized carbons (Fsp3) is 0.226. The highest BCUT2D eigenvalue weighted by atomic mass is 32.2. The normalized spacial score (nSPS) is 12.2. The summed E-state index contributed by atoms with van der Waals surface area (Å²) in [6.07, 6.45) is 9.55. The summed E-state index contributed by atoms with van der Waals surface area (Å²) in [4.78, 5) is 33.7. The molecule has 0 aliphatic carbocycles. The number of aromatic amines is 2. The van der Waals surface area contributed by atoms with Crippen molar-refractivity contribution in [1.29, 1.82) is 0 Å². The van der Waals surface area contributed by atoms with Gasteiger partial charge in [-0.05, 0) is 46.9 Å². The minimum absolute atomic E-state index is 0.0594. The molecule has 0 saturated heterocycles. The zero-order chi connectivity index (χ0) is 31.9. The molecule has 0 aliphatic rings. The third-order valence-corrected chi connectivity index (χ3v) is 7.55. The van der Waals surface area contributed by atoms with Gasteiger partial charge in [0.25, 0.3) is 0 Å².